The Morgan fingerprint density at radius 3 is 2.81 bits per heavy atom. The smallest absolute Gasteiger partial charge is 0.0709 e. The number of benzene rings is 1. The van der Waals surface area contributed by atoms with Crippen molar-refractivity contribution < 1.29 is 0 Å². The Bertz CT molecular complexity index is 661. The van der Waals surface area contributed by atoms with Crippen molar-refractivity contribution in [1.29, 1.82) is 0 Å². The van der Waals surface area contributed by atoms with Gasteiger partial charge in [-0.05, 0) is 48.7 Å². The van der Waals surface area contributed by atoms with Crippen LogP contribution < -0.4 is 5.73 Å². The zero-order chi connectivity index (χ0) is 15.0. The molecular formula is C18H25N3. The van der Waals surface area contributed by atoms with Crippen LogP contribution in [0.25, 0.3) is 10.9 Å². The van der Waals surface area contributed by atoms with Crippen molar-refractivity contribution in [2.75, 3.05) is 13.1 Å². The third kappa shape index (κ3) is 2.56. The van der Waals surface area contributed by atoms with E-state index < -0.39 is 0 Å². The quantitative estimate of drug-likeness (QED) is 0.940. The molecule has 2 heterocycles. The third-order valence-electron chi connectivity index (χ3n) is 4.64. The van der Waals surface area contributed by atoms with Gasteiger partial charge in [0, 0.05) is 36.6 Å². The molecule has 0 saturated heterocycles. The molecule has 1 aliphatic rings. The van der Waals surface area contributed by atoms with Crippen molar-refractivity contribution in [2.24, 2.45) is 5.73 Å². The van der Waals surface area contributed by atoms with Crippen LogP contribution in [0.4, 0.5) is 0 Å². The Morgan fingerprint density at radius 2 is 2.14 bits per heavy atom. The minimum Gasteiger partial charge on any atom is -0.324 e. The van der Waals surface area contributed by atoms with Crippen LogP contribution in [0.15, 0.2) is 18.2 Å². The van der Waals surface area contributed by atoms with Gasteiger partial charge in [-0.15, -0.1) is 0 Å². The number of hydrogen-bond donors (Lipinski definition) is 1. The number of likely N-dealkylation sites (N-methyl/N-ethyl adjacent to an activating group) is 1. The molecule has 1 unspecified atom stereocenters. The molecule has 1 aromatic carbocycles. The van der Waals surface area contributed by atoms with E-state index in [9.17, 15) is 0 Å². The highest BCUT2D eigenvalue weighted by Gasteiger charge is 2.23. The number of nitrogens with zero attached hydrogens (tertiary/aromatic N) is 2. The highest BCUT2D eigenvalue weighted by Crippen LogP contribution is 2.32. The average Bonchev–Trinajstić information content (AvgIpc) is 2.51. The molecule has 0 fully saturated rings. The van der Waals surface area contributed by atoms with E-state index in [2.05, 4.69) is 43.9 Å². The molecule has 1 aromatic heterocycles. The first kappa shape index (κ1) is 14.5. The van der Waals surface area contributed by atoms with E-state index in [0.717, 1.165) is 38.0 Å². The van der Waals surface area contributed by atoms with Crippen LogP contribution in [0.2, 0.25) is 0 Å². The van der Waals surface area contributed by atoms with E-state index >= 15 is 0 Å². The van der Waals surface area contributed by atoms with E-state index in [-0.39, 0.29) is 6.04 Å². The van der Waals surface area contributed by atoms with E-state index in [4.69, 9.17) is 10.7 Å². The lowest BCUT2D eigenvalue weighted by molar-refractivity contribution is 0.264. The maximum atomic E-state index is 6.34. The van der Waals surface area contributed by atoms with Gasteiger partial charge in [-0.1, -0.05) is 19.9 Å². The molecule has 0 spiro atoms. The van der Waals surface area contributed by atoms with Crippen molar-refractivity contribution in [3.05, 3.63) is 40.6 Å². The van der Waals surface area contributed by atoms with Crippen LogP contribution in [-0.2, 0) is 19.4 Å². The summed E-state index contributed by atoms with van der Waals surface area (Å²) >= 11 is 0. The van der Waals surface area contributed by atoms with E-state index in [1.54, 1.807) is 0 Å². The van der Waals surface area contributed by atoms with Crippen LogP contribution >= 0.6 is 0 Å². The Hall–Kier alpha value is -1.45. The Balaban J connectivity index is 2.25. The van der Waals surface area contributed by atoms with E-state index in [0.29, 0.717) is 0 Å². The maximum Gasteiger partial charge on any atom is 0.0709 e. The minimum atomic E-state index is 0.0492. The lowest BCUT2D eigenvalue weighted by atomic mass is 9.91. The first-order chi connectivity index (χ1) is 10.1. The van der Waals surface area contributed by atoms with Crippen LogP contribution in [0.1, 0.15) is 49.2 Å². The number of nitrogens with two attached hydrogens (primary N) is 1. The monoisotopic (exact) mass is 283 g/mol. The summed E-state index contributed by atoms with van der Waals surface area (Å²) in [5.74, 6) is 0. The van der Waals surface area contributed by atoms with Crippen LogP contribution in [0.3, 0.4) is 0 Å². The lowest BCUT2D eigenvalue weighted by Gasteiger charge is -2.30. The summed E-state index contributed by atoms with van der Waals surface area (Å²) in [4.78, 5) is 7.40. The molecule has 0 aliphatic carbocycles. The fourth-order valence-corrected chi connectivity index (χ4v) is 3.39. The zero-order valence-electron chi connectivity index (χ0n) is 13.3. The molecule has 1 atom stereocenters. The topological polar surface area (TPSA) is 42.1 Å². The summed E-state index contributed by atoms with van der Waals surface area (Å²) in [5.41, 5.74) is 12.7. The average molecular weight is 283 g/mol. The van der Waals surface area contributed by atoms with Crippen molar-refractivity contribution >= 4 is 10.9 Å². The molecule has 1 aliphatic heterocycles. The van der Waals surface area contributed by atoms with Gasteiger partial charge in [-0.3, -0.25) is 9.88 Å². The third-order valence-corrected chi connectivity index (χ3v) is 4.64. The predicted molar refractivity (Wildman–Crippen MR) is 88.4 cm³/mol. The first-order valence-electron chi connectivity index (χ1n) is 8.06. The summed E-state index contributed by atoms with van der Waals surface area (Å²) in [6.45, 7) is 9.69. The van der Waals surface area contributed by atoms with Gasteiger partial charge < -0.3 is 5.73 Å². The molecule has 3 rings (SSSR count). The first-order valence-corrected chi connectivity index (χ1v) is 8.06. The van der Waals surface area contributed by atoms with Crippen molar-refractivity contribution in [1.82, 2.24) is 9.88 Å². The molecule has 0 amide bonds. The summed E-state index contributed by atoms with van der Waals surface area (Å²) in [5, 5.41) is 1.25. The number of fused-ring (bicyclic) bond motifs is 2. The molecule has 0 saturated carbocycles. The van der Waals surface area contributed by atoms with Gasteiger partial charge in [0.05, 0.1) is 5.52 Å². The number of hydrogen-bond acceptors (Lipinski definition) is 3. The summed E-state index contributed by atoms with van der Waals surface area (Å²) in [6, 6.07) is 6.68. The fourth-order valence-electron chi connectivity index (χ4n) is 3.39. The van der Waals surface area contributed by atoms with Crippen molar-refractivity contribution in [3.8, 4) is 0 Å². The maximum absolute atomic E-state index is 6.34. The summed E-state index contributed by atoms with van der Waals surface area (Å²) in [6.07, 6.45) is 2.08. The molecule has 21 heavy (non-hydrogen) atoms. The van der Waals surface area contributed by atoms with Crippen molar-refractivity contribution in [3.63, 3.8) is 0 Å². The van der Waals surface area contributed by atoms with Gasteiger partial charge in [0.1, 0.15) is 0 Å². The number of rotatable bonds is 3. The number of aromatic nitrogens is 1. The van der Waals surface area contributed by atoms with Gasteiger partial charge in [-0.2, -0.15) is 0 Å². The van der Waals surface area contributed by atoms with Crippen LogP contribution in [-0.4, -0.2) is 23.0 Å². The van der Waals surface area contributed by atoms with Gasteiger partial charge in [0.15, 0.2) is 0 Å². The molecule has 2 N–H and O–H groups in total. The highest BCUT2D eigenvalue weighted by atomic mass is 15.1. The minimum absolute atomic E-state index is 0.0492. The fraction of sp³-hybridized carbons (Fsp3) is 0.500. The van der Waals surface area contributed by atoms with Gasteiger partial charge in [0.2, 0.25) is 0 Å². The van der Waals surface area contributed by atoms with E-state index in [1.165, 1.54) is 27.8 Å². The number of aryl methyl sites for hydroxylation is 1. The van der Waals surface area contributed by atoms with Gasteiger partial charge in [-0.25, -0.2) is 0 Å². The molecule has 3 nitrogen and oxygen atoms in total. The standard InChI is InChI=1S/C18H25N3/c1-4-13-6-7-16-14(10-13)18(12(3)19)15-11-21(5-2)9-8-17(15)20-16/h6-7,10,12H,4-5,8-9,11,19H2,1-3H3. The predicted octanol–water partition coefficient (Wildman–Crippen LogP) is 3.19. The molecular weight excluding hydrogens is 258 g/mol. The van der Waals surface area contributed by atoms with Crippen LogP contribution in [0.5, 0.6) is 0 Å². The summed E-state index contributed by atoms with van der Waals surface area (Å²) < 4.78 is 0. The summed E-state index contributed by atoms with van der Waals surface area (Å²) in [7, 11) is 0. The van der Waals surface area contributed by atoms with E-state index in [1.807, 2.05) is 0 Å². The second kappa shape index (κ2) is 5.74. The number of pyridine rings is 1. The van der Waals surface area contributed by atoms with Crippen molar-refractivity contribution in [2.45, 2.75) is 46.2 Å². The Morgan fingerprint density at radius 1 is 1.33 bits per heavy atom. The Kier molecular flexibility index (Phi) is 3.96. The highest BCUT2D eigenvalue weighted by molar-refractivity contribution is 5.85. The lowest BCUT2D eigenvalue weighted by Crippen LogP contribution is -2.32. The molecule has 112 valence electrons. The Labute approximate surface area is 127 Å². The largest absolute Gasteiger partial charge is 0.324 e. The second-order valence-electron chi connectivity index (χ2n) is 6.06. The van der Waals surface area contributed by atoms with Gasteiger partial charge in [0.25, 0.3) is 0 Å². The molecule has 0 bridgehead atoms. The van der Waals surface area contributed by atoms with Gasteiger partial charge >= 0.3 is 0 Å². The zero-order valence-corrected chi connectivity index (χ0v) is 13.3. The second-order valence-corrected chi connectivity index (χ2v) is 6.06. The normalized spacial score (nSPS) is 17.0. The molecule has 2 aromatic rings. The van der Waals surface area contributed by atoms with Crippen LogP contribution in [0, 0.1) is 0 Å². The SMILES string of the molecule is CCc1ccc2nc3c(c(C(C)N)c2c1)CN(CC)CC3. The molecule has 0 radical (unpaired) electrons. The molecule has 3 heteroatoms.